The van der Waals surface area contributed by atoms with Gasteiger partial charge in [0.05, 0.1) is 34.4 Å². The average molecular weight is 1450 g/mol. The van der Waals surface area contributed by atoms with Crippen LogP contribution in [0.4, 0.5) is 0 Å². The molecule has 0 rings (SSSR count). The molecule has 1 N–H and O–H groups in total. The molecule has 0 aromatic carbocycles. The summed E-state index contributed by atoms with van der Waals surface area (Å²) in [5, 5.41) is 9.80. The van der Waals surface area contributed by atoms with E-state index in [2.05, 4.69) is 38.2 Å². The molecule has 9 heteroatoms. The number of carbonyl (C=O) groups excluding carboxylic acids is 2. The van der Waals surface area contributed by atoms with Crippen LogP contribution >= 0.6 is 0 Å². The fourth-order valence-electron chi connectivity index (χ4n) is 14.6. The van der Waals surface area contributed by atoms with Crippen LogP contribution in [-0.4, -0.2) is 87.4 Å². The second kappa shape index (κ2) is 85.4. The number of nitrogens with zero attached hydrogens (tertiary/aromatic N) is 1. The Labute approximate surface area is 643 Å². The van der Waals surface area contributed by atoms with Crippen molar-refractivity contribution in [3.05, 3.63) is 24.3 Å². The van der Waals surface area contributed by atoms with Gasteiger partial charge in [0.2, 0.25) is 0 Å². The second-order valence-electron chi connectivity index (χ2n) is 33.3. The summed E-state index contributed by atoms with van der Waals surface area (Å²) in [5.41, 5.74) is 0. The van der Waals surface area contributed by atoms with Crippen molar-refractivity contribution in [1.82, 2.24) is 0 Å². The topological polar surface area (TPSA) is 108 Å². The van der Waals surface area contributed by atoms with Gasteiger partial charge in [-0.2, -0.15) is 0 Å². The highest BCUT2D eigenvalue weighted by Gasteiger charge is 2.25. The fraction of sp³-hybridized carbons (Fsp3) is 0.926. The van der Waals surface area contributed by atoms with E-state index in [0.717, 1.165) is 38.5 Å². The van der Waals surface area contributed by atoms with Gasteiger partial charge in [0.15, 0.2) is 6.10 Å². The van der Waals surface area contributed by atoms with E-state index >= 15 is 0 Å². The maximum atomic E-state index is 13.0. The number of allylic oxidation sites excluding steroid dienone is 4. The number of hydrogen-bond acceptors (Lipinski definition) is 7. The predicted molar refractivity (Wildman–Crippen MR) is 448 cm³/mol. The summed E-state index contributed by atoms with van der Waals surface area (Å²) >= 11 is 0. The predicted octanol–water partition coefficient (Wildman–Crippen LogP) is 30.4. The average Bonchev–Trinajstić information content (AvgIpc) is 1.06. The zero-order valence-electron chi connectivity index (χ0n) is 70.3. The third-order valence-electron chi connectivity index (χ3n) is 21.7. The maximum absolute atomic E-state index is 13.0. The van der Waals surface area contributed by atoms with Gasteiger partial charge in [-0.05, 0) is 64.2 Å². The fourth-order valence-corrected chi connectivity index (χ4v) is 14.6. The molecule has 0 amide bonds. The first-order valence-corrected chi connectivity index (χ1v) is 46.5. The zero-order valence-corrected chi connectivity index (χ0v) is 70.3. The van der Waals surface area contributed by atoms with Crippen LogP contribution in [0.1, 0.15) is 502 Å². The molecular weight excluding hydrogens is 1270 g/mol. The summed E-state index contributed by atoms with van der Waals surface area (Å²) in [5.74, 6) is -1.96. The molecule has 103 heavy (non-hydrogen) atoms. The first-order chi connectivity index (χ1) is 50.6. The number of rotatable bonds is 89. The second-order valence-corrected chi connectivity index (χ2v) is 33.3. The molecular formula is C94H182NO8+. The molecule has 0 aromatic rings. The van der Waals surface area contributed by atoms with Gasteiger partial charge in [0, 0.05) is 12.8 Å². The monoisotopic (exact) mass is 1450 g/mol. The van der Waals surface area contributed by atoms with E-state index in [1.807, 2.05) is 21.1 Å². The van der Waals surface area contributed by atoms with Crippen LogP contribution < -0.4 is 0 Å². The largest absolute Gasteiger partial charge is 0.477 e. The van der Waals surface area contributed by atoms with Gasteiger partial charge < -0.3 is 28.5 Å². The van der Waals surface area contributed by atoms with Crippen LogP contribution in [0.2, 0.25) is 0 Å². The lowest BCUT2D eigenvalue weighted by molar-refractivity contribution is -0.870. The SMILES string of the molecule is CCCCCCCCCC/C=C\CCCCCCCCCCCCCCCCCCCCCCCCCCCCCC(=O)OCC(COC(OCC[N+](C)(C)C)C(=O)O)OC(=O)CCCCCCCCCCCCCCCCCCCCCCCCCCCCC/C=C\CCCCCCCCCC. The zero-order chi connectivity index (χ0) is 74.6. The Bertz CT molecular complexity index is 1740. The highest BCUT2D eigenvalue weighted by molar-refractivity contribution is 5.71. The molecule has 0 bridgehead atoms. The molecule has 0 aliphatic rings. The highest BCUT2D eigenvalue weighted by Crippen LogP contribution is 2.22. The molecule has 0 radical (unpaired) electrons. The van der Waals surface area contributed by atoms with E-state index < -0.39 is 18.4 Å². The van der Waals surface area contributed by atoms with Crippen LogP contribution in [0.3, 0.4) is 0 Å². The smallest absolute Gasteiger partial charge is 0.361 e. The number of likely N-dealkylation sites (N-methyl/N-ethyl adjacent to an activating group) is 1. The van der Waals surface area contributed by atoms with Crippen molar-refractivity contribution in [3.63, 3.8) is 0 Å². The van der Waals surface area contributed by atoms with Crippen molar-refractivity contribution in [3.8, 4) is 0 Å². The lowest BCUT2D eigenvalue weighted by Crippen LogP contribution is -2.40. The van der Waals surface area contributed by atoms with Crippen LogP contribution in [0.5, 0.6) is 0 Å². The van der Waals surface area contributed by atoms with Crippen LogP contribution in [-0.2, 0) is 33.3 Å². The van der Waals surface area contributed by atoms with Gasteiger partial charge in [-0.1, -0.05) is 449 Å². The van der Waals surface area contributed by atoms with Gasteiger partial charge in [0.1, 0.15) is 13.2 Å². The Morgan fingerprint density at radius 1 is 0.282 bits per heavy atom. The number of unbranched alkanes of at least 4 members (excludes halogenated alkanes) is 70. The van der Waals surface area contributed by atoms with Crippen molar-refractivity contribution in [1.29, 1.82) is 0 Å². The lowest BCUT2D eigenvalue weighted by Gasteiger charge is -2.25. The van der Waals surface area contributed by atoms with Gasteiger partial charge in [-0.25, -0.2) is 4.79 Å². The van der Waals surface area contributed by atoms with Gasteiger partial charge in [-0.15, -0.1) is 0 Å². The van der Waals surface area contributed by atoms with Crippen molar-refractivity contribution in [2.24, 2.45) is 0 Å². The molecule has 0 spiro atoms. The van der Waals surface area contributed by atoms with Crippen LogP contribution in [0.25, 0.3) is 0 Å². The summed E-state index contributed by atoms with van der Waals surface area (Å²) < 4.78 is 23.1. The summed E-state index contributed by atoms with van der Waals surface area (Å²) in [4.78, 5) is 37.8. The molecule has 2 unspecified atom stereocenters. The number of quaternary nitrogens is 1. The number of carboxylic acid groups (broad SMARTS) is 1. The maximum Gasteiger partial charge on any atom is 0.361 e. The quantitative estimate of drug-likeness (QED) is 0.0211. The minimum Gasteiger partial charge on any atom is -0.477 e. The minimum absolute atomic E-state index is 0.173. The van der Waals surface area contributed by atoms with E-state index in [1.54, 1.807) is 0 Å². The van der Waals surface area contributed by atoms with E-state index in [4.69, 9.17) is 18.9 Å². The van der Waals surface area contributed by atoms with Crippen LogP contribution in [0, 0.1) is 0 Å². The summed E-state index contributed by atoms with van der Waals surface area (Å²) in [6.07, 6.45) is 108. The van der Waals surface area contributed by atoms with Gasteiger partial charge >= 0.3 is 17.9 Å². The molecule has 2 atom stereocenters. The highest BCUT2D eigenvalue weighted by atomic mass is 16.7. The van der Waals surface area contributed by atoms with E-state index in [9.17, 15) is 19.5 Å². The van der Waals surface area contributed by atoms with E-state index in [0.29, 0.717) is 17.4 Å². The molecule has 9 nitrogen and oxygen atoms in total. The Balaban J connectivity index is 3.87. The molecule has 610 valence electrons. The normalized spacial score (nSPS) is 12.6. The van der Waals surface area contributed by atoms with E-state index in [-0.39, 0.29) is 38.2 Å². The number of esters is 2. The van der Waals surface area contributed by atoms with Crippen molar-refractivity contribution >= 4 is 17.9 Å². The third-order valence-corrected chi connectivity index (χ3v) is 21.7. The molecule has 0 aromatic heterocycles. The number of hydrogen-bond donors (Lipinski definition) is 1. The standard InChI is InChI=1S/C94H181NO8/c1-6-8-10-12-14-16-18-20-22-24-26-28-30-32-34-36-38-40-42-44-46-48-50-52-54-56-58-60-62-64-66-68-70-72-74-76-78-80-82-84-91(96)101-88-90(89-102-94(93(98)99)100-87-86-95(3,4)5)103-92(97)85-83-81-79-77-75-73-71-69-67-65-63-61-59-57-55-53-51-49-47-45-43-41-39-37-35-33-31-29-27-25-23-21-19-17-15-13-11-9-7-2/h24-27,90,94H,6-23,28-89H2,1-5H3/p+1/b26-24-,27-25-. The number of aliphatic carboxylic acids is 1. The summed E-state index contributed by atoms with van der Waals surface area (Å²) in [7, 11) is 6.01. The van der Waals surface area contributed by atoms with Crippen molar-refractivity contribution in [2.45, 2.75) is 514 Å². The van der Waals surface area contributed by atoms with Crippen molar-refractivity contribution < 1.29 is 42.9 Å². The molecule has 0 fully saturated rings. The molecule has 0 saturated heterocycles. The third kappa shape index (κ3) is 86.9. The van der Waals surface area contributed by atoms with Gasteiger partial charge in [0.25, 0.3) is 6.29 Å². The molecule has 0 aliphatic carbocycles. The Morgan fingerprint density at radius 2 is 0.495 bits per heavy atom. The Morgan fingerprint density at radius 3 is 0.718 bits per heavy atom. The van der Waals surface area contributed by atoms with Gasteiger partial charge in [-0.3, -0.25) is 9.59 Å². The molecule has 0 saturated carbocycles. The number of carbonyl (C=O) groups is 3. The molecule has 0 heterocycles. The summed E-state index contributed by atoms with van der Waals surface area (Å²) in [6, 6.07) is 0. The van der Waals surface area contributed by atoms with Crippen molar-refractivity contribution in [2.75, 3.05) is 47.5 Å². The summed E-state index contributed by atoms with van der Waals surface area (Å²) in [6.45, 7) is 4.98. The molecule has 0 aliphatic heterocycles. The number of carboxylic acids is 1. The first-order valence-electron chi connectivity index (χ1n) is 46.5. The van der Waals surface area contributed by atoms with Crippen LogP contribution in [0.15, 0.2) is 24.3 Å². The number of ether oxygens (including phenoxy) is 4. The minimum atomic E-state index is -1.51. The lowest BCUT2D eigenvalue weighted by atomic mass is 10.0. The first kappa shape index (κ1) is 101. The Kier molecular flexibility index (Phi) is 83.5. The van der Waals surface area contributed by atoms with E-state index in [1.165, 1.54) is 437 Å². The Hall–Kier alpha value is -2.23.